The Labute approximate surface area is 222 Å². The lowest BCUT2D eigenvalue weighted by molar-refractivity contribution is 0.0237. The first-order valence-corrected chi connectivity index (χ1v) is 12.7. The third-order valence-electron chi connectivity index (χ3n) is 6.57. The van der Waals surface area contributed by atoms with Gasteiger partial charge in [-0.3, -0.25) is 4.68 Å². The quantitative estimate of drug-likeness (QED) is 0.342. The van der Waals surface area contributed by atoms with Gasteiger partial charge in [-0.05, 0) is 57.5 Å². The molecule has 1 atom stereocenters. The van der Waals surface area contributed by atoms with E-state index in [9.17, 15) is 4.79 Å². The Balaban J connectivity index is 1.38. The zero-order valence-corrected chi connectivity index (χ0v) is 22.8. The van der Waals surface area contributed by atoms with E-state index in [1.165, 1.54) is 0 Å². The molecule has 0 radical (unpaired) electrons. The normalized spacial score (nSPS) is 15.8. The van der Waals surface area contributed by atoms with E-state index in [2.05, 4.69) is 10.00 Å². The molecule has 1 aliphatic rings. The van der Waals surface area contributed by atoms with Crippen molar-refractivity contribution in [1.29, 1.82) is 0 Å². The number of benzene rings is 1. The molecule has 200 valence electrons. The van der Waals surface area contributed by atoms with E-state index in [0.29, 0.717) is 12.3 Å². The number of carbonyl (C=O) groups is 1. The van der Waals surface area contributed by atoms with Crippen LogP contribution in [-0.4, -0.2) is 76.4 Å². The van der Waals surface area contributed by atoms with Crippen molar-refractivity contribution in [1.82, 2.24) is 24.6 Å². The number of hydrogen-bond acceptors (Lipinski definition) is 8. The molecule has 1 fully saturated rings. The molecule has 1 aromatic carbocycles. The number of rotatable bonds is 6. The Morgan fingerprint density at radius 2 is 1.87 bits per heavy atom. The summed E-state index contributed by atoms with van der Waals surface area (Å²) in [4.78, 5) is 26.2. The maximum atomic E-state index is 12.5. The van der Waals surface area contributed by atoms with Crippen LogP contribution >= 0.6 is 0 Å². The van der Waals surface area contributed by atoms with Crippen LogP contribution in [0.5, 0.6) is 5.75 Å². The maximum absolute atomic E-state index is 12.5. The number of methoxy groups -OCH3 is 1. The van der Waals surface area contributed by atoms with Gasteiger partial charge < -0.3 is 24.0 Å². The summed E-state index contributed by atoms with van der Waals surface area (Å²) in [7, 11) is 5.29. The third-order valence-corrected chi connectivity index (χ3v) is 6.57. The minimum absolute atomic E-state index is 0.0655. The molecule has 3 aromatic heterocycles. The molecule has 5 rings (SSSR count). The summed E-state index contributed by atoms with van der Waals surface area (Å²) >= 11 is 0. The van der Waals surface area contributed by atoms with E-state index in [-0.39, 0.29) is 18.9 Å². The van der Waals surface area contributed by atoms with Crippen LogP contribution in [-0.2, 0) is 16.5 Å². The van der Waals surface area contributed by atoms with Crippen LogP contribution in [0.15, 0.2) is 42.6 Å². The standard InChI is InChI=1S/C28H34N6O4/c1-28(2,3)38-27(35)33(5)19-11-12-34(16-19)26-10-9-22-23(30-26)8-7-21(29-22)20-13-18-15-32(4)31-24(18)14-25(20)37-17-36-6/h7-10,13-15,19H,11-12,16-17H2,1-6H3/t19-/m0/s1. The maximum Gasteiger partial charge on any atom is 0.410 e. The van der Waals surface area contributed by atoms with E-state index < -0.39 is 5.60 Å². The molecule has 0 unspecified atom stereocenters. The smallest absolute Gasteiger partial charge is 0.410 e. The molecule has 0 aliphatic carbocycles. The topological polar surface area (TPSA) is 94.8 Å². The Morgan fingerprint density at radius 3 is 2.63 bits per heavy atom. The molecule has 0 N–H and O–H groups in total. The highest BCUT2D eigenvalue weighted by Gasteiger charge is 2.31. The molecule has 1 amide bonds. The number of hydrogen-bond donors (Lipinski definition) is 0. The van der Waals surface area contributed by atoms with Crippen molar-refractivity contribution in [2.45, 2.75) is 38.8 Å². The molecular formula is C28H34N6O4. The summed E-state index contributed by atoms with van der Waals surface area (Å²) < 4.78 is 18.3. The van der Waals surface area contributed by atoms with Gasteiger partial charge in [0.05, 0.1) is 28.3 Å². The van der Waals surface area contributed by atoms with Crippen molar-refractivity contribution < 1.29 is 19.0 Å². The van der Waals surface area contributed by atoms with Crippen LogP contribution in [0.4, 0.5) is 10.6 Å². The fourth-order valence-electron chi connectivity index (χ4n) is 4.69. The number of aromatic nitrogens is 4. The highest BCUT2D eigenvalue weighted by molar-refractivity contribution is 5.89. The van der Waals surface area contributed by atoms with Crippen molar-refractivity contribution in [3.63, 3.8) is 0 Å². The molecule has 10 heteroatoms. The van der Waals surface area contributed by atoms with Gasteiger partial charge in [-0.2, -0.15) is 5.10 Å². The van der Waals surface area contributed by atoms with Gasteiger partial charge in [0.1, 0.15) is 17.2 Å². The molecule has 10 nitrogen and oxygen atoms in total. The lowest BCUT2D eigenvalue weighted by Crippen LogP contribution is -2.42. The number of carbonyl (C=O) groups excluding carboxylic acids is 1. The van der Waals surface area contributed by atoms with Gasteiger partial charge in [-0.1, -0.05) is 0 Å². The highest BCUT2D eigenvalue weighted by Crippen LogP contribution is 2.34. The Morgan fingerprint density at radius 1 is 1.11 bits per heavy atom. The fraction of sp³-hybridized carbons (Fsp3) is 0.429. The first-order valence-electron chi connectivity index (χ1n) is 12.7. The Hall–Kier alpha value is -3.92. The van der Waals surface area contributed by atoms with Gasteiger partial charge >= 0.3 is 6.09 Å². The predicted molar refractivity (Wildman–Crippen MR) is 146 cm³/mol. The van der Waals surface area contributed by atoms with Crippen molar-refractivity contribution in [3.05, 3.63) is 42.6 Å². The van der Waals surface area contributed by atoms with E-state index in [0.717, 1.165) is 52.0 Å². The second kappa shape index (κ2) is 10.1. The molecule has 4 heterocycles. The summed E-state index contributed by atoms with van der Waals surface area (Å²) in [6.07, 6.45) is 2.52. The number of fused-ring (bicyclic) bond motifs is 2. The molecule has 0 spiro atoms. The van der Waals surface area contributed by atoms with Crippen molar-refractivity contribution >= 4 is 33.8 Å². The van der Waals surface area contributed by atoms with Crippen molar-refractivity contribution in [3.8, 4) is 17.0 Å². The fourth-order valence-corrected chi connectivity index (χ4v) is 4.69. The molecule has 0 bridgehead atoms. The van der Waals surface area contributed by atoms with Crippen LogP contribution in [0.3, 0.4) is 0 Å². The number of aryl methyl sites for hydroxylation is 1. The second-order valence-corrected chi connectivity index (χ2v) is 10.6. The number of ether oxygens (including phenoxy) is 3. The van der Waals surface area contributed by atoms with Gasteiger partial charge in [-0.25, -0.2) is 14.8 Å². The van der Waals surface area contributed by atoms with Crippen LogP contribution in [0.25, 0.3) is 33.2 Å². The zero-order valence-electron chi connectivity index (χ0n) is 22.8. The summed E-state index contributed by atoms with van der Waals surface area (Å²) in [6.45, 7) is 7.27. The lowest BCUT2D eigenvalue weighted by atomic mass is 10.1. The Bertz CT molecular complexity index is 1480. The lowest BCUT2D eigenvalue weighted by Gasteiger charge is -2.28. The van der Waals surface area contributed by atoms with Gasteiger partial charge in [0.25, 0.3) is 0 Å². The van der Waals surface area contributed by atoms with E-state index in [1.807, 2.05) is 70.4 Å². The first-order chi connectivity index (χ1) is 18.1. The average Bonchev–Trinajstić information content (AvgIpc) is 3.50. The average molecular weight is 519 g/mol. The van der Waals surface area contributed by atoms with E-state index in [1.54, 1.807) is 23.7 Å². The van der Waals surface area contributed by atoms with E-state index in [4.69, 9.17) is 24.2 Å². The predicted octanol–water partition coefficient (Wildman–Crippen LogP) is 4.61. The van der Waals surface area contributed by atoms with Crippen LogP contribution in [0.2, 0.25) is 0 Å². The van der Waals surface area contributed by atoms with Crippen molar-refractivity contribution in [2.24, 2.45) is 7.05 Å². The van der Waals surface area contributed by atoms with Gasteiger partial charge in [0.15, 0.2) is 6.79 Å². The molecular weight excluding hydrogens is 484 g/mol. The number of pyridine rings is 2. The Kier molecular flexibility index (Phi) is 6.83. The molecule has 4 aromatic rings. The summed E-state index contributed by atoms with van der Waals surface area (Å²) in [5, 5.41) is 5.49. The molecule has 1 aliphatic heterocycles. The van der Waals surface area contributed by atoms with Gasteiger partial charge in [-0.15, -0.1) is 0 Å². The largest absolute Gasteiger partial charge is 0.467 e. The number of amides is 1. The minimum atomic E-state index is -0.518. The van der Waals surface area contributed by atoms with Crippen molar-refractivity contribution in [2.75, 3.05) is 38.9 Å². The van der Waals surface area contributed by atoms with Crippen LogP contribution in [0, 0.1) is 0 Å². The van der Waals surface area contributed by atoms with E-state index >= 15 is 0 Å². The second-order valence-electron chi connectivity index (χ2n) is 10.6. The van der Waals surface area contributed by atoms with Gasteiger partial charge in [0.2, 0.25) is 0 Å². The third kappa shape index (κ3) is 5.35. The summed E-state index contributed by atoms with van der Waals surface area (Å²) in [5.74, 6) is 1.53. The summed E-state index contributed by atoms with van der Waals surface area (Å²) in [5.41, 5.74) is 3.56. The minimum Gasteiger partial charge on any atom is -0.467 e. The van der Waals surface area contributed by atoms with Crippen LogP contribution < -0.4 is 9.64 Å². The highest BCUT2D eigenvalue weighted by atomic mass is 16.7. The number of likely N-dealkylation sites (N-methyl/N-ethyl adjacent to an activating group) is 1. The SMILES string of the molecule is COCOc1cc2nn(C)cc2cc1-c1ccc2nc(N3CC[C@H](N(C)C(=O)OC(C)(C)C)C3)ccc2n1. The molecule has 38 heavy (non-hydrogen) atoms. The summed E-state index contributed by atoms with van der Waals surface area (Å²) in [6, 6.07) is 11.9. The monoisotopic (exact) mass is 518 g/mol. The molecule has 0 saturated carbocycles. The number of nitrogens with zero attached hydrogens (tertiary/aromatic N) is 6. The first kappa shape index (κ1) is 25.7. The van der Waals surface area contributed by atoms with Crippen LogP contribution in [0.1, 0.15) is 27.2 Å². The number of anilines is 1. The van der Waals surface area contributed by atoms with Gasteiger partial charge in [0, 0.05) is 57.5 Å². The molecule has 1 saturated heterocycles. The zero-order chi connectivity index (χ0) is 27.0.